The van der Waals surface area contributed by atoms with Gasteiger partial charge in [-0.2, -0.15) is 0 Å². The molecule has 0 unspecified atom stereocenters. The summed E-state index contributed by atoms with van der Waals surface area (Å²) >= 11 is 1.72. The van der Waals surface area contributed by atoms with Crippen molar-refractivity contribution in [3.8, 4) is 5.75 Å². The third-order valence-corrected chi connectivity index (χ3v) is 3.03. The number of benzene rings is 1. The van der Waals surface area contributed by atoms with Crippen LogP contribution in [-0.4, -0.2) is 49.6 Å². The van der Waals surface area contributed by atoms with Gasteiger partial charge in [0, 0.05) is 18.0 Å². The third kappa shape index (κ3) is 4.88. The average molecular weight is 241 g/mol. The van der Waals surface area contributed by atoms with Gasteiger partial charge in [0.2, 0.25) is 0 Å². The molecule has 1 N–H and O–H groups in total. The molecule has 0 radical (unpaired) electrons. The average Bonchev–Trinajstić information content (AvgIpc) is 2.30. The van der Waals surface area contributed by atoms with E-state index < -0.39 is 0 Å². The fraction of sp³-hybridized carbons (Fsp3) is 0.500. The van der Waals surface area contributed by atoms with Crippen LogP contribution in [0.25, 0.3) is 0 Å². The molecule has 0 atom stereocenters. The zero-order chi connectivity index (χ0) is 11.8. The monoisotopic (exact) mass is 241 g/mol. The van der Waals surface area contributed by atoms with Crippen molar-refractivity contribution in [2.45, 2.75) is 4.90 Å². The van der Waals surface area contributed by atoms with Crippen LogP contribution in [0.15, 0.2) is 29.2 Å². The van der Waals surface area contributed by atoms with Gasteiger partial charge in [0.1, 0.15) is 12.4 Å². The minimum absolute atomic E-state index is 0.193. The van der Waals surface area contributed by atoms with Crippen LogP contribution < -0.4 is 4.74 Å². The first kappa shape index (κ1) is 13.4. The van der Waals surface area contributed by atoms with E-state index >= 15 is 0 Å². The second-order valence-electron chi connectivity index (χ2n) is 3.55. The number of hydrogen-bond acceptors (Lipinski definition) is 4. The molecule has 1 rings (SSSR count). The molecular formula is C12H19NO2S. The predicted molar refractivity (Wildman–Crippen MR) is 68.3 cm³/mol. The van der Waals surface area contributed by atoms with Crippen molar-refractivity contribution >= 4 is 11.8 Å². The number of ether oxygens (including phenoxy) is 1. The fourth-order valence-electron chi connectivity index (χ4n) is 1.27. The van der Waals surface area contributed by atoms with Crippen LogP contribution in [0, 0.1) is 0 Å². The Balaban J connectivity index is 2.26. The fourth-order valence-corrected chi connectivity index (χ4v) is 1.68. The number of likely N-dealkylation sites (N-methyl/N-ethyl adjacent to an activating group) is 1. The normalized spacial score (nSPS) is 10.8. The van der Waals surface area contributed by atoms with E-state index in [4.69, 9.17) is 9.84 Å². The summed E-state index contributed by atoms with van der Waals surface area (Å²) in [6.45, 7) is 2.35. The Bertz CT molecular complexity index is 290. The summed E-state index contributed by atoms with van der Waals surface area (Å²) in [5, 5.41) is 8.73. The van der Waals surface area contributed by atoms with Crippen molar-refractivity contribution in [1.82, 2.24) is 4.90 Å². The van der Waals surface area contributed by atoms with Gasteiger partial charge in [-0.05, 0) is 37.6 Å². The molecule has 16 heavy (non-hydrogen) atoms. The molecule has 0 bridgehead atoms. The van der Waals surface area contributed by atoms with Crippen molar-refractivity contribution in [1.29, 1.82) is 0 Å². The van der Waals surface area contributed by atoms with Crippen molar-refractivity contribution in [2.75, 3.05) is 39.6 Å². The van der Waals surface area contributed by atoms with Crippen molar-refractivity contribution in [3.63, 3.8) is 0 Å². The van der Waals surface area contributed by atoms with Gasteiger partial charge in [-0.25, -0.2) is 0 Å². The van der Waals surface area contributed by atoms with Crippen molar-refractivity contribution in [3.05, 3.63) is 24.3 Å². The van der Waals surface area contributed by atoms with E-state index in [2.05, 4.69) is 18.4 Å². The van der Waals surface area contributed by atoms with E-state index in [0.29, 0.717) is 13.2 Å². The molecule has 1 aromatic carbocycles. The maximum atomic E-state index is 8.73. The minimum Gasteiger partial charge on any atom is -0.492 e. The molecular weight excluding hydrogens is 222 g/mol. The van der Waals surface area contributed by atoms with E-state index in [0.717, 1.165) is 12.3 Å². The van der Waals surface area contributed by atoms with Crippen LogP contribution in [-0.2, 0) is 0 Å². The van der Waals surface area contributed by atoms with Gasteiger partial charge < -0.3 is 14.7 Å². The third-order valence-electron chi connectivity index (χ3n) is 2.28. The SMILES string of the molecule is CSc1ccc(OCCN(C)CCO)cc1. The van der Waals surface area contributed by atoms with E-state index in [-0.39, 0.29) is 6.61 Å². The second kappa shape index (κ2) is 7.54. The number of aliphatic hydroxyl groups is 1. The number of thioether (sulfide) groups is 1. The minimum atomic E-state index is 0.193. The number of aliphatic hydroxyl groups excluding tert-OH is 1. The van der Waals surface area contributed by atoms with Crippen LogP contribution in [0.5, 0.6) is 5.75 Å². The van der Waals surface area contributed by atoms with E-state index in [1.165, 1.54) is 4.90 Å². The highest BCUT2D eigenvalue weighted by atomic mass is 32.2. The summed E-state index contributed by atoms with van der Waals surface area (Å²) in [6, 6.07) is 8.07. The van der Waals surface area contributed by atoms with E-state index in [1.807, 2.05) is 24.1 Å². The molecule has 1 aromatic rings. The highest BCUT2D eigenvalue weighted by Gasteiger charge is 1.98. The molecule has 0 aliphatic carbocycles. The summed E-state index contributed by atoms with van der Waals surface area (Å²) < 4.78 is 5.59. The van der Waals surface area contributed by atoms with Crippen molar-refractivity contribution in [2.24, 2.45) is 0 Å². The number of hydrogen-bond donors (Lipinski definition) is 1. The van der Waals surface area contributed by atoms with Gasteiger partial charge >= 0.3 is 0 Å². The molecule has 0 aliphatic rings. The van der Waals surface area contributed by atoms with Crippen molar-refractivity contribution < 1.29 is 9.84 Å². The van der Waals surface area contributed by atoms with E-state index in [9.17, 15) is 0 Å². The molecule has 0 amide bonds. The van der Waals surface area contributed by atoms with E-state index in [1.54, 1.807) is 11.8 Å². The Kier molecular flexibility index (Phi) is 6.30. The largest absolute Gasteiger partial charge is 0.492 e. The lowest BCUT2D eigenvalue weighted by molar-refractivity contribution is 0.192. The lowest BCUT2D eigenvalue weighted by Gasteiger charge is -2.15. The first-order valence-electron chi connectivity index (χ1n) is 5.32. The van der Waals surface area contributed by atoms with Gasteiger partial charge in [0.15, 0.2) is 0 Å². The lowest BCUT2D eigenvalue weighted by atomic mass is 10.3. The summed E-state index contributed by atoms with van der Waals surface area (Å²) in [6.07, 6.45) is 2.06. The summed E-state index contributed by atoms with van der Waals surface area (Å²) in [5.41, 5.74) is 0. The zero-order valence-electron chi connectivity index (χ0n) is 9.85. The first-order valence-corrected chi connectivity index (χ1v) is 6.55. The molecule has 90 valence electrons. The molecule has 0 aliphatic heterocycles. The number of rotatable bonds is 7. The van der Waals surface area contributed by atoms with Crippen LogP contribution in [0.3, 0.4) is 0 Å². The van der Waals surface area contributed by atoms with Crippen LogP contribution in [0.2, 0.25) is 0 Å². The summed E-state index contributed by atoms with van der Waals surface area (Å²) in [5.74, 6) is 0.898. The van der Waals surface area contributed by atoms with Gasteiger partial charge in [0.05, 0.1) is 6.61 Å². The molecule has 3 nitrogen and oxygen atoms in total. The highest BCUT2D eigenvalue weighted by molar-refractivity contribution is 7.98. The first-order chi connectivity index (χ1) is 7.76. The van der Waals surface area contributed by atoms with Gasteiger partial charge in [-0.3, -0.25) is 0 Å². The molecule has 4 heteroatoms. The Hall–Kier alpha value is -0.710. The molecule has 0 saturated heterocycles. The lowest BCUT2D eigenvalue weighted by Crippen LogP contribution is -2.27. The molecule has 0 aromatic heterocycles. The van der Waals surface area contributed by atoms with Gasteiger partial charge in [0.25, 0.3) is 0 Å². The molecule has 0 spiro atoms. The predicted octanol–water partition coefficient (Wildman–Crippen LogP) is 1.71. The Morgan fingerprint density at radius 2 is 1.94 bits per heavy atom. The Labute approximate surface area is 101 Å². The summed E-state index contributed by atoms with van der Waals surface area (Å²) in [4.78, 5) is 3.28. The van der Waals surface area contributed by atoms with Crippen LogP contribution >= 0.6 is 11.8 Å². The van der Waals surface area contributed by atoms with Gasteiger partial charge in [-0.1, -0.05) is 0 Å². The van der Waals surface area contributed by atoms with Crippen LogP contribution in [0.4, 0.5) is 0 Å². The molecule has 0 fully saturated rings. The Morgan fingerprint density at radius 1 is 1.25 bits per heavy atom. The molecule has 0 saturated carbocycles. The number of nitrogens with zero attached hydrogens (tertiary/aromatic N) is 1. The smallest absolute Gasteiger partial charge is 0.119 e. The van der Waals surface area contributed by atoms with Gasteiger partial charge in [-0.15, -0.1) is 11.8 Å². The highest BCUT2D eigenvalue weighted by Crippen LogP contribution is 2.18. The summed E-state index contributed by atoms with van der Waals surface area (Å²) in [7, 11) is 1.97. The quantitative estimate of drug-likeness (QED) is 0.737. The zero-order valence-corrected chi connectivity index (χ0v) is 10.7. The Morgan fingerprint density at radius 3 is 2.50 bits per heavy atom. The maximum Gasteiger partial charge on any atom is 0.119 e. The molecule has 0 heterocycles. The standard InChI is InChI=1S/C12H19NO2S/c1-13(7-9-14)8-10-15-11-3-5-12(16-2)6-4-11/h3-6,14H,7-10H2,1-2H3. The van der Waals surface area contributed by atoms with Crippen LogP contribution in [0.1, 0.15) is 0 Å². The maximum absolute atomic E-state index is 8.73. The topological polar surface area (TPSA) is 32.7 Å². The second-order valence-corrected chi connectivity index (χ2v) is 4.43.